The highest BCUT2D eigenvalue weighted by atomic mass is 35.7. The van der Waals surface area contributed by atoms with Crippen LogP contribution in [0, 0.1) is 27.4 Å². The number of hydrogen-bond donors (Lipinski definition) is 0. The predicted molar refractivity (Wildman–Crippen MR) is 77.3 cm³/mol. The number of hydrogen-bond acceptors (Lipinski definition) is 9. The third-order valence-corrected chi connectivity index (χ3v) is 5.78. The first-order valence-electron chi connectivity index (χ1n) is 7.59. The van der Waals surface area contributed by atoms with Crippen molar-refractivity contribution in [2.24, 2.45) is 7.05 Å². The smallest absolute Gasteiger partial charge is 0.222 e. The highest BCUT2D eigenvalue weighted by Crippen LogP contribution is 2.44. The Kier molecular flexibility index (Phi) is 7.54. The van der Waals surface area contributed by atoms with Crippen LogP contribution in [0.5, 0.6) is 0 Å². The molecule has 0 unspecified atom stereocenters. The van der Waals surface area contributed by atoms with Gasteiger partial charge in [0, 0.05) is 26.0 Å². The summed E-state index contributed by atoms with van der Waals surface area (Å²) in [7, 11) is -5.56. The standard InChI is InChI=1S/C15H20N2S.2ClHO4/c1-9-15(3,4)13-11(16(9)5)7-8-12-14(13)18-10(2)17(12)6;2*2-1(3,4)5/h7-8H,1-6H3;2*(H,2,3,4,5)/q+2;;/p-2. The molecule has 0 saturated heterocycles. The van der Waals surface area contributed by atoms with E-state index in [-0.39, 0.29) is 5.41 Å². The lowest BCUT2D eigenvalue weighted by atomic mass is 9.82. The summed E-state index contributed by atoms with van der Waals surface area (Å²) in [6.45, 7) is 9.10. The van der Waals surface area contributed by atoms with Crippen LogP contribution in [0.1, 0.15) is 31.3 Å². The van der Waals surface area contributed by atoms with E-state index in [2.05, 4.69) is 63.1 Å². The van der Waals surface area contributed by atoms with Crippen molar-refractivity contribution in [3.05, 3.63) is 22.7 Å². The molecule has 0 aliphatic carbocycles. The van der Waals surface area contributed by atoms with Crippen molar-refractivity contribution in [1.29, 1.82) is 0 Å². The first-order valence-corrected chi connectivity index (χ1v) is 10.9. The molecule has 1 aliphatic rings. The minimum Gasteiger partial charge on any atom is -0.222 e. The molecule has 0 spiro atoms. The van der Waals surface area contributed by atoms with Crippen molar-refractivity contribution < 1.29 is 66.9 Å². The van der Waals surface area contributed by atoms with E-state index in [0.29, 0.717) is 0 Å². The Balaban J connectivity index is 0.000000329. The third-order valence-electron chi connectivity index (χ3n) is 4.59. The molecule has 0 N–H and O–H groups in total. The second kappa shape index (κ2) is 8.42. The van der Waals surface area contributed by atoms with Gasteiger partial charge in [-0.2, -0.15) is 4.57 Å². The Labute approximate surface area is 169 Å². The van der Waals surface area contributed by atoms with Crippen LogP contribution in [0.3, 0.4) is 0 Å². The number of halogens is 2. The van der Waals surface area contributed by atoms with Crippen LogP contribution in [0.2, 0.25) is 0 Å². The Morgan fingerprint density at radius 2 is 1.29 bits per heavy atom. The quantitative estimate of drug-likeness (QED) is 0.347. The van der Waals surface area contributed by atoms with Gasteiger partial charge in [-0.1, -0.05) is 11.3 Å². The zero-order chi connectivity index (χ0) is 22.2. The number of benzene rings is 1. The Morgan fingerprint density at radius 1 is 0.857 bits per heavy atom. The maximum atomic E-state index is 8.49. The second-order valence-corrected chi connectivity index (χ2v) is 9.23. The summed E-state index contributed by atoms with van der Waals surface area (Å²) in [6.07, 6.45) is 0. The van der Waals surface area contributed by atoms with Crippen molar-refractivity contribution in [2.45, 2.75) is 33.1 Å². The normalized spacial score (nSPS) is 15.6. The minimum atomic E-state index is -4.94. The van der Waals surface area contributed by atoms with Gasteiger partial charge >= 0.3 is 0 Å². The monoisotopic (exact) mass is 458 g/mol. The van der Waals surface area contributed by atoms with Crippen molar-refractivity contribution in [2.75, 3.05) is 7.05 Å². The first kappa shape index (κ1) is 25.1. The molecule has 10 nitrogen and oxygen atoms in total. The Morgan fingerprint density at radius 3 is 1.71 bits per heavy atom. The molecule has 1 aromatic heterocycles. The van der Waals surface area contributed by atoms with Crippen LogP contribution in [-0.4, -0.2) is 17.3 Å². The fourth-order valence-electron chi connectivity index (χ4n) is 2.98. The molecule has 0 radical (unpaired) electrons. The van der Waals surface area contributed by atoms with Gasteiger partial charge in [0.05, 0.1) is 11.0 Å². The molecular weight excluding hydrogens is 439 g/mol. The van der Waals surface area contributed by atoms with Crippen LogP contribution in [0.15, 0.2) is 12.1 Å². The van der Waals surface area contributed by atoms with Gasteiger partial charge in [-0.15, -0.1) is 20.5 Å². The van der Waals surface area contributed by atoms with Crippen molar-refractivity contribution in [3.8, 4) is 0 Å². The summed E-state index contributed by atoms with van der Waals surface area (Å²) in [5.74, 6) is 0. The Bertz CT molecular complexity index is 876. The van der Waals surface area contributed by atoms with Gasteiger partial charge in [0.1, 0.15) is 18.8 Å². The number of rotatable bonds is 0. The van der Waals surface area contributed by atoms with Crippen LogP contribution in [0.25, 0.3) is 10.2 Å². The highest BCUT2D eigenvalue weighted by Gasteiger charge is 2.44. The van der Waals surface area contributed by atoms with Gasteiger partial charge in [0.15, 0.2) is 5.71 Å². The molecule has 0 saturated carbocycles. The van der Waals surface area contributed by atoms with Crippen LogP contribution in [-0.2, 0) is 12.5 Å². The molecule has 158 valence electrons. The molecule has 3 rings (SSSR count). The van der Waals surface area contributed by atoms with Crippen molar-refractivity contribution >= 4 is 33.0 Å². The summed E-state index contributed by atoms with van der Waals surface area (Å²) in [5.41, 5.74) is 5.78. The van der Waals surface area contributed by atoms with Crippen LogP contribution < -0.4 is 41.8 Å². The maximum Gasteiger partial charge on any atom is 0.234 e. The van der Waals surface area contributed by atoms with Crippen LogP contribution in [0.4, 0.5) is 5.69 Å². The lowest BCUT2D eigenvalue weighted by molar-refractivity contribution is -2.00. The summed E-state index contributed by atoms with van der Waals surface area (Å²) >= 11 is 1.91. The SMILES string of the molecule is CC1=[N+](C)c2ccc3c(sc(C)[n+]3C)c2C1(C)C.[O-][Cl+3]([O-])([O-])[O-].[O-][Cl+3]([O-])([O-])[O-]. The van der Waals surface area contributed by atoms with Gasteiger partial charge in [-0.05, 0) is 13.8 Å². The molecule has 28 heavy (non-hydrogen) atoms. The molecule has 2 aromatic rings. The number of aryl methyl sites for hydroxylation is 2. The molecule has 0 amide bonds. The van der Waals surface area contributed by atoms with Crippen molar-refractivity contribution in [1.82, 2.24) is 0 Å². The molecule has 13 heteroatoms. The zero-order valence-electron chi connectivity index (χ0n) is 16.0. The number of nitrogens with zero attached hydrogens (tertiary/aromatic N) is 2. The molecule has 0 fully saturated rings. The first-order chi connectivity index (χ1) is 12.4. The predicted octanol–water partition coefficient (Wildman–Crippen LogP) is -6.45. The average Bonchev–Trinajstić information content (AvgIpc) is 2.84. The van der Waals surface area contributed by atoms with E-state index in [1.165, 1.54) is 32.2 Å². The van der Waals surface area contributed by atoms with E-state index in [4.69, 9.17) is 37.3 Å². The van der Waals surface area contributed by atoms with Gasteiger partial charge in [0.2, 0.25) is 16.2 Å². The lowest BCUT2D eigenvalue weighted by Crippen LogP contribution is -2.68. The number of fused-ring (bicyclic) bond motifs is 3. The van der Waals surface area contributed by atoms with E-state index in [1.54, 1.807) is 0 Å². The minimum absolute atomic E-state index is 0.133. The summed E-state index contributed by atoms with van der Waals surface area (Å²) in [4.78, 5) is 0. The van der Waals surface area contributed by atoms with Gasteiger partial charge < -0.3 is 0 Å². The van der Waals surface area contributed by atoms with Crippen LogP contribution >= 0.6 is 11.3 Å². The van der Waals surface area contributed by atoms with Gasteiger partial charge in [-0.3, -0.25) is 0 Å². The van der Waals surface area contributed by atoms with Gasteiger partial charge in [0.25, 0.3) is 0 Å². The number of thiazole rings is 1. The fourth-order valence-corrected chi connectivity index (χ4v) is 4.28. The topological polar surface area (TPSA) is 191 Å². The molecule has 0 bridgehead atoms. The average molecular weight is 459 g/mol. The second-order valence-electron chi connectivity index (χ2n) is 6.51. The van der Waals surface area contributed by atoms with E-state index < -0.39 is 20.5 Å². The summed E-state index contributed by atoms with van der Waals surface area (Å²) in [6, 6.07) is 4.52. The lowest BCUT2D eigenvalue weighted by Gasteiger charge is -2.17. The van der Waals surface area contributed by atoms with E-state index in [1.807, 2.05) is 11.3 Å². The molecule has 1 aromatic carbocycles. The fraction of sp³-hybridized carbons (Fsp3) is 0.467. The van der Waals surface area contributed by atoms with E-state index >= 15 is 0 Å². The molecular formula is C15H20Cl2N2O8S. The molecule has 2 heterocycles. The third kappa shape index (κ3) is 6.27. The van der Waals surface area contributed by atoms with Crippen molar-refractivity contribution in [3.63, 3.8) is 0 Å². The molecule has 1 aliphatic heterocycles. The van der Waals surface area contributed by atoms with Gasteiger partial charge in [-0.25, -0.2) is 41.8 Å². The summed E-state index contributed by atoms with van der Waals surface area (Å²) < 4.78 is 74.0. The number of aromatic nitrogens is 1. The van der Waals surface area contributed by atoms with E-state index in [0.717, 1.165) is 0 Å². The highest BCUT2D eigenvalue weighted by molar-refractivity contribution is 7.18. The maximum absolute atomic E-state index is 8.49. The Hall–Kier alpha value is -0.960. The molecule has 0 atom stereocenters. The summed E-state index contributed by atoms with van der Waals surface area (Å²) in [5, 5.41) is 1.36. The largest absolute Gasteiger partial charge is 0.234 e. The zero-order valence-corrected chi connectivity index (χ0v) is 18.3. The van der Waals surface area contributed by atoms with E-state index in [9.17, 15) is 0 Å².